The number of para-hydroxylation sites is 1. The molecule has 0 atom stereocenters. The van der Waals surface area contributed by atoms with Gasteiger partial charge >= 0.3 is 0 Å². The fourth-order valence-corrected chi connectivity index (χ4v) is 4.24. The first kappa shape index (κ1) is 19.2. The van der Waals surface area contributed by atoms with Gasteiger partial charge in [0, 0.05) is 18.8 Å². The van der Waals surface area contributed by atoms with E-state index >= 15 is 0 Å². The molecule has 132 valence electrons. The van der Waals surface area contributed by atoms with E-state index in [1.54, 1.807) is 18.9 Å². The first-order valence-electron chi connectivity index (χ1n) is 8.20. The average Bonchev–Trinajstić information content (AvgIpc) is 2.56. The monoisotopic (exact) mass is 366 g/mol. The van der Waals surface area contributed by atoms with Gasteiger partial charge in [0.1, 0.15) is 5.75 Å². The van der Waals surface area contributed by atoms with E-state index in [0.29, 0.717) is 6.54 Å². The zero-order valence-electron chi connectivity index (χ0n) is 14.9. The Kier molecular flexibility index (Phi) is 7.04. The van der Waals surface area contributed by atoms with Crippen molar-refractivity contribution < 1.29 is 9.53 Å². The van der Waals surface area contributed by atoms with Gasteiger partial charge in [-0.1, -0.05) is 62.5 Å². The van der Waals surface area contributed by atoms with Crippen molar-refractivity contribution >= 4 is 33.9 Å². The molecule has 24 heavy (non-hydrogen) atoms. The van der Waals surface area contributed by atoms with Crippen molar-refractivity contribution in [1.82, 2.24) is 4.90 Å². The smallest absolute Gasteiger partial charge is 0.287 e. The lowest BCUT2D eigenvalue weighted by molar-refractivity contribution is 0.229. The van der Waals surface area contributed by atoms with Gasteiger partial charge in [-0.25, -0.2) is 0 Å². The van der Waals surface area contributed by atoms with Crippen LogP contribution in [-0.4, -0.2) is 47.0 Å². The van der Waals surface area contributed by atoms with Gasteiger partial charge in [0.2, 0.25) is 0 Å². The molecule has 1 aliphatic heterocycles. The maximum Gasteiger partial charge on any atom is 0.287 e. The lowest BCUT2D eigenvalue weighted by atomic mass is 9.96. The Balaban J connectivity index is 2.06. The van der Waals surface area contributed by atoms with Crippen LogP contribution in [0.3, 0.4) is 0 Å². The predicted octanol–water partition coefficient (Wildman–Crippen LogP) is 4.54. The Morgan fingerprint density at radius 1 is 1.42 bits per heavy atom. The van der Waals surface area contributed by atoms with Crippen molar-refractivity contribution in [2.75, 3.05) is 31.7 Å². The molecule has 0 radical (unpaired) electrons. The van der Waals surface area contributed by atoms with Crippen LogP contribution in [0, 0.1) is 5.41 Å². The summed E-state index contributed by atoms with van der Waals surface area (Å²) in [5.41, 5.74) is 1.27. The van der Waals surface area contributed by atoms with Crippen molar-refractivity contribution in [3.05, 3.63) is 29.8 Å². The molecule has 1 aromatic carbocycles. The van der Waals surface area contributed by atoms with E-state index in [1.807, 2.05) is 30.0 Å². The highest BCUT2D eigenvalue weighted by Gasteiger charge is 2.34. The van der Waals surface area contributed by atoms with E-state index in [0.717, 1.165) is 41.0 Å². The van der Waals surface area contributed by atoms with Crippen LogP contribution in [0.5, 0.6) is 5.75 Å². The highest BCUT2D eigenvalue weighted by atomic mass is 32.2. The normalized spacial score (nSPS) is 18.7. The fourth-order valence-electron chi connectivity index (χ4n) is 2.54. The van der Waals surface area contributed by atoms with E-state index in [9.17, 15) is 4.79 Å². The van der Waals surface area contributed by atoms with Crippen molar-refractivity contribution in [2.45, 2.75) is 27.2 Å². The number of hydrogen-bond donors (Lipinski definition) is 0. The summed E-state index contributed by atoms with van der Waals surface area (Å²) in [6.07, 6.45) is 0.806. The molecule has 0 unspecified atom stereocenters. The Labute approximate surface area is 153 Å². The number of aliphatic imine (C=N–C) groups is 1. The summed E-state index contributed by atoms with van der Waals surface area (Å²) in [5, 5.41) is 0.962. The van der Waals surface area contributed by atoms with Crippen LogP contribution in [0.25, 0.3) is 0 Å². The highest BCUT2D eigenvalue weighted by Crippen LogP contribution is 2.33. The minimum Gasteiger partial charge on any atom is -0.496 e. The average molecular weight is 367 g/mol. The summed E-state index contributed by atoms with van der Waals surface area (Å²) >= 11 is 3.04. The molecule has 0 aliphatic carbocycles. The van der Waals surface area contributed by atoms with E-state index < -0.39 is 0 Å². The van der Waals surface area contributed by atoms with E-state index in [-0.39, 0.29) is 10.7 Å². The maximum atomic E-state index is 12.4. The summed E-state index contributed by atoms with van der Waals surface area (Å²) < 4.78 is 5.38. The third kappa shape index (κ3) is 5.18. The Morgan fingerprint density at radius 3 is 2.88 bits per heavy atom. The lowest BCUT2D eigenvalue weighted by Crippen LogP contribution is -2.45. The molecule has 1 saturated heterocycles. The van der Waals surface area contributed by atoms with Crippen LogP contribution >= 0.6 is 23.5 Å². The molecule has 1 fully saturated rings. The summed E-state index contributed by atoms with van der Waals surface area (Å²) in [6, 6.07) is 8.01. The molecule has 0 bridgehead atoms. The second kappa shape index (κ2) is 8.81. The minimum atomic E-state index is 0.105. The summed E-state index contributed by atoms with van der Waals surface area (Å²) in [4.78, 5) is 19.0. The van der Waals surface area contributed by atoms with Gasteiger partial charge in [-0.15, -0.1) is 0 Å². The number of methoxy groups -OCH3 is 1. The fraction of sp³-hybridized carbons (Fsp3) is 0.556. The zero-order chi connectivity index (χ0) is 17.6. The molecule has 0 aromatic heterocycles. The van der Waals surface area contributed by atoms with Crippen LogP contribution in [-0.2, 0) is 6.42 Å². The second-order valence-corrected chi connectivity index (χ2v) is 8.62. The molecule has 6 heteroatoms. The number of carbonyl (C=O) groups is 1. The molecule has 0 N–H and O–H groups in total. The molecule has 1 aromatic rings. The summed E-state index contributed by atoms with van der Waals surface area (Å²) in [7, 11) is 1.69. The van der Waals surface area contributed by atoms with Gasteiger partial charge in [0.15, 0.2) is 5.17 Å². The Hall–Kier alpha value is -1.14. The van der Waals surface area contributed by atoms with Gasteiger partial charge in [0.05, 0.1) is 7.11 Å². The SMILES string of the molecule is CCSC(=O)N1CC(C)(C)CS/C1=N\CCc1ccccc1OC. The molecular weight excluding hydrogens is 340 g/mol. The number of amidine groups is 1. The number of nitrogens with zero attached hydrogens (tertiary/aromatic N) is 2. The first-order chi connectivity index (χ1) is 11.5. The largest absolute Gasteiger partial charge is 0.496 e. The lowest BCUT2D eigenvalue weighted by Gasteiger charge is -2.37. The van der Waals surface area contributed by atoms with Gasteiger partial charge in [-0.05, 0) is 29.2 Å². The summed E-state index contributed by atoms with van der Waals surface area (Å²) in [6.45, 7) is 7.79. The van der Waals surface area contributed by atoms with Gasteiger partial charge < -0.3 is 4.74 Å². The Morgan fingerprint density at radius 2 is 2.17 bits per heavy atom. The molecule has 2 rings (SSSR count). The highest BCUT2D eigenvalue weighted by molar-refractivity contribution is 8.15. The van der Waals surface area contributed by atoms with Crippen LogP contribution in [0.4, 0.5) is 4.79 Å². The summed E-state index contributed by atoms with van der Waals surface area (Å²) in [5.74, 6) is 2.67. The van der Waals surface area contributed by atoms with Crippen molar-refractivity contribution in [1.29, 1.82) is 0 Å². The van der Waals surface area contributed by atoms with Gasteiger partial charge in [-0.2, -0.15) is 0 Å². The molecule has 1 aliphatic rings. The number of amides is 1. The third-order valence-electron chi connectivity index (χ3n) is 3.72. The minimum absolute atomic E-state index is 0.105. The molecule has 1 heterocycles. The molecule has 1 amide bonds. The first-order valence-corrected chi connectivity index (χ1v) is 10.2. The number of thioether (sulfide) groups is 2. The van der Waals surface area contributed by atoms with E-state index in [4.69, 9.17) is 9.73 Å². The predicted molar refractivity (Wildman–Crippen MR) is 105 cm³/mol. The standard InChI is InChI=1S/C18H26N2O2S2/c1-5-23-17(21)20-12-18(2,3)13-24-16(20)19-11-10-14-8-6-7-9-15(14)22-4/h6-9H,5,10-13H2,1-4H3/b19-16-. The second-order valence-electron chi connectivity index (χ2n) is 6.46. The number of rotatable bonds is 5. The van der Waals surface area contributed by atoms with Crippen molar-refractivity contribution in [3.63, 3.8) is 0 Å². The third-order valence-corrected chi connectivity index (χ3v) is 6.01. The van der Waals surface area contributed by atoms with Crippen LogP contribution < -0.4 is 4.74 Å². The van der Waals surface area contributed by atoms with Gasteiger partial charge in [-0.3, -0.25) is 14.7 Å². The number of benzene rings is 1. The molecule has 4 nitrogen and oxygen atoms in total. The molecule has 0 saturated carbocycles. The zero-order valence-corrected chi connectivity index (χ0v) is 16.5. The van der Waals surface area contributed by atoms with Gasteiger partial charge in [0.25, 0.3) is 5.24 Å². The Bertz CT molecular complexity index is 602. The van der Waals surface area contributed by atoms with Crippen LogP contribution in [0.2, 0.25) is 0 Å². The van der Waals surface area contributed by atoms with E-state index in [1.165, 1.54) is 11.8 Å². The maximum absolute atomic E-state index is 12.4. The number of carbonyl (C=O) groups excluding carboxylic acids is 1. The van der Waals surface area contributed by atoms with Crippen molar-refractivity contribution in [2.24, 2.45) is 10.4 Å². The van der Waals surface area contributed by atoms with Crippen molar-refractivity contribution in [3.8, 4) is 5.75 Å². The molecular formula is C18H26N2O2S2. The van der Waals surface area contributed by atoms with Crippen LogP contribution in [0.15, 0.2) is 29.3 Å². The number of hydrogen-bond acceptors (Lipinski definition) is 5. The quantitative estimate of drug-likeness (QED) is 0.767. The molecule has 0 spiro atoms. The van der Waals surface area contributed by atoms with E-state index in [2.05, 4.69) is 19.9 Å². The number of ether oxygens (including phenoxy) is 1. The van der Waals surface area contributed by atoms with Crippen LogP contribution in [0.1, 0.15) is 26.3 Å². The topological polar surface area (TPSA) is 41.9 Å².